The molecule has 0 amide bonds. The molecule has 2 aromatic rings. The molecule has 1 saturated carbocycles. The van der Waals surface area contributed by atoms with Crippen molar-refractivity contribution < 1.29 is 5.11 Å². The summed E-state index contributed by atoms with van der Waals surface area (Å²) in [4.78, 5) is 3.44. The Morgan fingerprint density at radius 3 is 3.07 bits per heavy atom. The summed E-state index contributed by atoms with van der Waals surface area (Å²) in [5.41, 5.74) is 3.40. The van der Waals surface area contributed by atoms with E-state index < -0.39 is 0 Å². The highest BCUT2D eigenvalue weighted by Gasteiger charge is 2.43. The van der Waals surface area contributed by atoms with Crippen LogP contribution in [-0.4, -0.2) is 10.1 Å². The molecule has 1 aromatic carbocycles. The first-order valence-electron chi connectivity index (χ1n) is 5.36. The van der Waals surface area contributed by atoms with E-state index in [0.29, 0.717) is 17.6 Å². The molecule has 2 aliphatic carbocycles. The van der Waals surface area contributed by atoms with Gasteiger partial charge in [-0.25, -0.2) is 0 Å². The van der Waals surface area contributed by atoms with Gasteiger partial charge < -0.3 is 10.1 Å². The van der Waals surface area contributed by atoms with Crippen molar-refractivity contribution in [1.29, 1.82) is 0 Å². The molecule has 0 bridgehead atoms. The zero-order valence-electron chi connectivity index (χ0n) is 8.20. The number of aliphatic hydroxyl groups is 1. The first kappa shape index (κ1) is 7.57. The standard InChI is InChI=1S/C13H11NO/c15-11-6-7-5-9(7)13-12(11)8-3-1-2-4-10(8)14-13/h1-4,6-7,9,14-15H,5H2. The minimum absolute atomic E-state index is 0.459. The van der Waals surface area contributed by atoms with Gasteiger partial charge in [-0.2, -0.15) is 0 Å². The van der Waals surface area contributed by atoms with Crippen LogP contribution in [0.3, 0.4) is 0 Å². The highest BCUT2D eigenvalue weighted by Crippen LogP contribution is 2.55. The molecule has 1 heterocycles. The van der Waals surface area contributed by atoms with Crippen molar-refractivity contribution in [2.75, 3.05) is 0 Å². The SMILES string of the molecule is OC1=CC2CC2c2[nH]c3ccccc3c21. The van der Waals surface area contributed by atoms with E-state index in [1.54, 1.807) is 0 Å². The molecule has 0 radical (unpaired) electrons. The van der Waals surface area contributed by atoms with E-state index in [0.717, 1.165) is 16.5 Å². The number of allylic oxidation sites excluding steroid dienone is 1. The van der Waals surface area contributed by atoms with Crippen molar-refractivity contribution in [3.8, 4) is 0 Å². The van der Waals surface area contributed by atoms with Gasteiger partial charge in [0.25, 0.3) is 0 Å². The van der Waals surface area contributed by atoms with Crippen molar-refractivity contribution >= 4 is 16.7 Å². The molecule has 2 nitrogen and oxygen atoms in total. The van der Waals surface area contributed by atoms with E-state index in [9.17, 15) is 5.11 Å². The van der Waals surface area contributed by atoms with Gasteiger partial charge in [-0.05, 0) is 24.5 Å². The van der Waals surface area contributed by atoms with E-state index in [1.807, 2.05) is 18.2 Å². The Kier molecular flexibility index (Phi) is 1.15. The number of aromatic amines is 1. The summed E-state index contributed by atoms with van der Waals surface area (Å²) in [6.45, 7) is 0. The molecule has 1 aromatic heterocycles. The Hall–Kier alpha value is -1.70. The predicted octanol–water partition coefficient (Wildman–Crippen LogP) is 3.18. The zero-order valence-corrected chi connectivity index (χ0v) is 8.20. The Morgan fingerprint density at radius 2 is 2.13 bits per heavy atom. The summed E-state index contributed by atoms with van der Waals surface area (Å²) in [6, 6.07) is 8.17. The smallest absolute Gasteiger partial charge is 0.121 e. The molecular weight excluding hydrogens is 186 g/mol. The van der Waals surface area contributed by atoms with Gasteiger partial charge in [0.05, 0.1) is 0 Å². The first-order valence-corrected chi connectivity index (χ1v) is 5.36. The maximum Gasteiger partial charge on any atom is 0.121 e. The van der Waals surface area contributed by atoms with Gasteiger partial charge in [-0.15, -0.1) is 0 Å². The number of nitrogens with one attached hydrogen (secondary N) is 1. The molecule has 2 N–H and O–H groups in total. The largest absolute Gasteiger partial charge is 0.508 e. The lowest BCUT2D eigenvalue weighted by Gasteiger charge is -2.07. The summed E-state index contributed by atoms with van der Waals surface area (Å²) >= 11 is 0. The molecule has 4 rings (SSSR count). The van der Waals surface area contributed by atoms with Crippen LogP contribution in [0, 0.1) is 5.92 Å². The van der Waals surface area contributed by atoms with Gasteiger partial charge in [0.15, 0.2) is 0 Å². The highest BCUT2D eigenvalue weighted by molar-refractivity contribution is 5.94. The Morgan fingerprint density at radius 1 is 1.27 bits per heavy atom. The third-order valence-corrected chi connectivity index (χ3v) is 3.57. The Labute approximate surface area is 87.2 Å². The van der Waals surface area contributed by atoms with Crippen molar-refractivity contribution in [2.24, 2.45) is 5.92 Å². The van der Waals surface area contributed by atoms with Gasteiger partial charge in [-0.3, -0.25) is 0 Å². The highest BCUT2D eigenvalue weighted by atomic mass is 16.3. The van der Waals surface area contributed by atoms with Crippen LogP contribution >= 0.6 is 0 Å². The third-order valence-electron chi connectivity index (χ3n) is 3.57. The van der Waals surface area contributed by atoms with Crippen LogP contribution in [0.25, 0.3) is 16.7 Å². The quantitative estimate of drug-likeness (QED) is 0.668. The van der Waals surface area contributed by atoms with E-state index in [2.05, 4.69) is 17.1 Å². The normalized spacial score (nSPS) is 27.1. The minimum atomic E-state index is 0.459. The summed E-state index contributed by atoms with van der Waals surface area (Å²) < 4.78 is 0. The number of H-pyrrole nitrogens is 1. The second-order valence-corrected chi connectivity index (χ2v) is 4.52. The Bertz CT molecular complexity index is 594. The van der Waals surface area contributed by atoms with Crippen molar-refractivity contribution in [1.82, 2.24) is 4.98 Å². The molecule has 15 heavy (non-hydrogen) atoms. The van der Waals surface area contributed by atoms with Gasteiger partial charge in [-0.1, -0.05) is 18.2 Å². The maximum absolute atomic E-state index is 9.99. The van der Waals surface area contributed by atoms with E-state index >= 15 is 0 Å². The maximum atomic E-state index is 9.99. The summed E-state index contributed by atoms with van der Waals surface area (Å²) in [5, 5.41) is 11.1. The lowest BCUT2D eigenvalue weighted by Crippen LogP contribution is -1.95. The van der Waals surface area contributed by atoms with Crippen molar-refractivity contribution in [2.45, 2.75) is 12.3 Å². The monoisotopic (exact) mass is 197 g/mol. The lowest BCUT2D eigenvalue weighted by atomic mass is 10.0. The predicted molar refractivity (Wildman–Crippen MR) is 59.8 cm³/mol. The molecule has 2 unspecified atom stereocenters. The van der Waals surface area contributed by atoms with Crippen LogP contribution in [-0.2, 0) is 0 Å². The van der Waals surface area contributed by atoms with Gasteiger partial charge in [0.2, 0.25) is 0 Å². The molecule has 0 spiro atoms. The second kappa shape index (κ2) is 2.27. The molecule has 74 valence electrons. The average Bonchev–Trinajstić information content (AvgIpc) is 2.90. The van der Waals surface area contributed by atoms with Crippen LogP contribution in [0.15, 0.2) is 30.3 Å². The van der Waals surface area contributed by atoms with Crippen molar-refractivity contribution in [3.63, 3.8) is 0 Å². The number of benzene rings is 1. The molecule has 0 saturated heterocycles. The summed E-state index contributed by atoms with van der Waals surface area (Å²) in [5.74, 6) is 1.66. The van der Waals surface area contributed by atoms with Gasteiger partial charge in [0.1, 0.15) is 5.76 Å². The average molecular weight is 197 g/mol. The van der Waals surface area contributed by atoms with Crippen LogP contribution in [0.4, 0.5) is 0 Å². The lowest BCUT2D eigenvalue weighted by molar-refractivity contribution is 0.505. The van der Waals surface area contributed by atoms with Crippen LogP contribution in [0.2, 0.25) is 0 Å². The molecule has 2 atom stereocenters. The van der Waals surface area contributed by atoms with E-state index in [-0.39, 0.29) is 0 Å². The number of fused-ring (bicyclic) bond motifs is 5. The first-order chi connectivity index (χ1) is 7.34. The molecule has 2 heteroatoms. The zero-order chi connectivity index (χ0) is 9.99. The fourth-order valence-electron chi connectivity index (χ4n) is 2.73. The van der Waals surface area contributed by atoms with Crippen LogP contribution in [0.5, 0.6) is 0 Å². The van der Waals surface area contributed by atoms with Gasteiger partial charge in [0, 0.05) is 28.1 Å². The second-order valence-electron chi connectivity index (χ2n) is 4.52. The van der Waals surface area contributed by atoms with Crippen LogP contribution < -0.4 is 0 Å². The minimum Gasteiger partial charge on any atom is -0.508 e. The molecule has 2 aliphatic rings. The number of hydrogen-bond acceptors (Lipinski definition) is 1. The molecule has 0 aliphatic heterocycles. The number of rotatable bonds is 0. The number of aromatic nitrogens is 1. The number of para-hydroxylation sites is 1. The van der Waals surface area contributed by atoms with E-state index in [4.69, 9.17) is 0 Å². The summed E-state index contributed by atoms with van der Waals surface area (Å²) in [7, 11) is 0. The topological polar surface area (TPSA) is 36.0 Å². The molecular formula is C13H11NO. The van der Waals surface area contributed by atoms with E-state index in [1.165, 1.54) is 12.1 Å². The number of aliphatic hydroxyl groups excluding tert-OH is 1. The van der Waals surface area contributed by atoms with Crippen LogP contribution in [0.1, 0.15) is 23.6 Å². The fourth-order valence-corrected chi connectivity index (χ4v) is 2.73. The van der Waals surface area contributed by atoms with Gasteiger partial charge >= 0.3 is 0 Å². The Balaban J connectivity index is 2.15. The fraction of sp³-hybridized carbons (Fsp3) is 0.231. The van der Waals surface area contributed by atoms with Crippen molar-refractivity contribution in [3.05, 3.63) is 41.6 Å². The molecule has 1 fully saturated rings. The number of hydrogen-bond donors (Lipinski definition) is 2. The summed E-state index contributed by atoms with van der Waals surface area (Å²) in [6.07, 6.45) is 3.19. The third kappa shape index (κ3) is 0.845.